The van der Waals surface area contributed by atoms with Crippen LogP contribution in [0.3, 0.4) is 0 Å². The number of hydrogen-bond acceptors (Lipinski definition) is 5. The van der Waals surface area contributed by atoms with Gasteiger partial charge in [0.05, 0.1) is 5.56 Å². The molecule has 1 fully saturated rings. The quantitative estimate of drug-likeness (QED) is 0.232. The molecule has 156 valence electrons. The van der Waals surface area contributed by atoms with E-state index in [4.69, 9.17) is 0 Å². The van der Waals surface area contributed by atoms with E-state index in [1.54, 1.807) is 36.1 Å². The van der Waals surface area contributed by atoms with E-state index >= 15 is 0 Å². The minimum absolute atomic E-state index is 0. The third-order valence-electron chi connectivity index (χ3n) is 5.17. The molecule has 3 heterocycles. The molecular weight excluding hydrogens is 423 g/mol. The van der Waals surface area contributed by atoms with Gasteiger partial charge in [0, 0.05) is 49.0 Å². The van der Waals surface area contributed by atoms with Crippen LogP contribution in [0.25, 0.3) is 11.0 Å². The zero-order valence-corrected chi connectivity index (χ0v) is 20.9. The van der Waals surface area contributed by atoms with Crippen LogP contribution in [-0.2, 0) is 4.79 Å². The maximum Gasteiger partial charge on any atom is 1.00 e. The first-order valence-corrected chi connectivity index (χ1v) is 9.30. The van der Waals surface area contributed by atoms with Gasteiger partial charge in [0.15, 0.2) is 0 Å². The van der Waals surface area contributed by atoms with Gasteiger partial charge in [-0.2, -0.15) is 0 Å². The second-order valence-electron chi connectivity index (χ2n) is 7.03. The molecule has 0 saturated carbocycles. The molecule has 1 aliphatic rings. The number of piperazine rings is 1. The van der Waals surface area contributed by atoms with Gasteiger partial charge in [0.1, 0.15) is 5.65 Å². The summed E-state index contributed by atoms with van der Waals surface area (Å²) >= 11 is 0. The molecule has 1 aliphatic heterocycles. The first-order chi connectivity index (χ1) is 14.0. The van der Waals surface area contributed by atoms with Crippen LogP contribution in [0.1, 0.15) is 27.6 Å². The van der Waals surface area contributed by atoms with E-state index in [-0.39, 0.29) is 99.7 Å². The molecule has 0 radical (unpaired) electrons. The van der Waals surface area contributed by atoms with Crippen molar-refractivity contribution in [2.45, 2.75) is 13.0 Å². The van der Waals surface area contributed by atoms with Gasteiger partial charge < -0.3 is 27.3 Å². The van der Waals surface area contributed by atoms with E-state index in [2.05, 4.69) is 9.97 Å². The topological polar surface area (TPSA) is 109 Å². The van der Waals surface area contributed by atoms with E-state index in [1.807, 2.05) is 6.07 Å². The van der Waals surface area contributed by atoms with Crippen LogP contribution >= 0.6 is 0 Å². The average Bonchev–Trinajstić information content (AvgIpc) is 3.18. The van der Waals surface area contributed by atoms with Crippen LogP contribution in [-0.4, -0.2) is 63.0 Å². The van der Waals surface area contributed by atoms with Gasteiger partial charge in [-0.15, -0.1) is 0 Å². The molecule has 9 heteroatoms. The molecule has 2 amide bonds. The number of benzene rings is 1. The molecule has 0 spiro atoms. The number of carbonyl (C=O) groups excluding carboxylic acids is 3. The van der Waals surface area contributed by atoms with Crippen LogP contribution in [0, 0.1) is 7.43 Å². The van der Waals surface area contributed by atoms with Crippen molar-refractivity contribution in [3.05, 3.63) is 67.3 Å². The minimum Gasteiger partial charge on any atom is -0.872 e. The molecule has 2 aromatic heterocycles. The van der Waals surface area contributed by atoms with Crippen molar-refractivity contribution in [3.8, 4) is 5.75 Å². The minimum atomic E-state index is -0.754. The number of H-pyrrole nitrogens is 1. The molecule has 1 N–H and O–H groups in total. The van der Waals surface area contributed by atoms with Crippen molar-refractivity contribution in [1.82, 2.24) is 19.8 Å². The van der Waals surface area contributed by atoms with Crippen molar-refractivity contribution in [1.29, 1.82) is 0 Å². The predicted octanol–water partition coefficient (Wildman–Crippen LogP) is -1.35. The summed E-state index contributed by atoms with van der Waals surface area (Å²) < 4.78 is 0. The fourth-order valence-electron chi connectivity index (χ4n) is 3.66. The van der Waals surface area contributed by atoms with E-state index in [1.165, 1.54) is 23.4 Å². The van der Waals surface area contributed by atoms with Crippen LogP contribution < -0.4 is 56.5 Å². The molecule has 1 atom stereocenters. The van der Waals surface area contributed by atoms with Crippen LogP contribution in [0.2, 0.25) is 0 Å². The molecule has 0 bridgehead atoms. The monoisotopic (exact) mass is 445 g/mol. The van der Waals surface area contributed by atoms with Gasteiger partial charge in [-0.1, -0.05) is 30.0 Å². The Morgan fingerprint density at radius 3 is 2.52 bits per heavy atom. The van der Waals surface area contributed by atoms with Crippen molar-refractivity contribution in [2.24, 2.45) is 0 Å². The summed E-state index contributed by atoms with van der Waals surface area (Å²) in [6, 6.07) is 9.87. The maximum absolute atomic E-state index is 12.8. The van der Waals surface area contributed by atoms with Crippen LogP contribution in [0.4, 0.5) is 0 Å². The number of aromatic amines is 1. The van der Waals surface area contributed by atoms with E-state index in [0.717, 1.165) is 0 Å². The molecule has 1 aromatic carbocycles. The molecule has 4 rings (SSSR count). The summed E-state index contributed by atoms with van der Waals surface area (Å²) in [5, 5.41) is 12.2. The van der Waals surface area contributed by atoms with E-state index in [0.29, 0.717) is 18.7 Å². The first-order valence-electron chi connectivity index (χ1n) is 9.30. The summed E-state index contributed by atoms with van der Waals surface area (Å²) in [5.41, 5.74) is 0.892. The number of amides is 2. The Balaban J connectivity index is 0.00000171. The second-order valence-corrected chi connectivity index (χ2v) is 7.03. The predicted molar refractivity (Wildman–Crippen MR) is 110 cm³/mol. The third-order valence-corrected chi connectivity index (χ3v) is 5.17. The summed E-state index contributed by atoms with van der Waals surface area (Å²) in [4.78, 5) is 48.2. The van der Waals surface area contributed by atoms with Gasteiger partial charge in [-0.25, -0.2) is 4.98 Å². The van der Waals surface area contributed by atoms with Gasteiger partial charge in [0.2, 0.25) is 0 Å². The third kappa shape index (κ3) is 4.91. The van der Waals surface area contributed by atoms with Gasteiger partial charge in [-0.3, -0.25) is 14.4 Å². The normalized spacial score (nSPS) is 15.7. The molecule has 0 aliphatic carbocycles. The van der Waals surface area contributed by atoms with Crippen LogP contribution in [0.15, 0.2) is 48.8 Å². The van der Waals surface area contributed by atoms with Gasteiger partial charge in [-0.05, 0) is 19.1 Å². The standard InChI is InChI=1S/C21H20N4O4.CH3.K/c1-13-12-24(20(28)14-5-3-2-4-6-14)9-10-25(13)21(29)18(27)15-11-23-19-17(15)16(26)7-8-22-19;;/h2-8,11,13H,9-10,12H2,1H3,(H2,22,23,26);1H3;/q;-1;+1/p-1. The number of nitrogens with one attached hydrogen (secondary N) is 1. The maximum atomic E-state index is 12.8. The number of Topliss-reactive ketones (excluding diaryl/α,β-unsaturated/α-hetero) is 1. The number of nitrogens with zero attached hydrogens (tertiary/aromatic N) is 3. The molecule has 8 nitrogen and oxygen atoms in total. The van der Waals surface area contributed by atoms with Crippen molar-refractivity contribution in [3.63, 3.8) is 0 Å². The second kappa shape index (κ2) is 10.5. The summed E-state index contributed by atoms with van der Waals surface area (Å²) in [7, 11) is 0. The van der Waals surface area contributed by atoms with Gasteiger partial charge in [0.25, 0.3) is 17.6 Å². The van der Waals surface area contributed by atoms with Crippen molar-refractivity contribution >= 4 is 28.6 Å². The molecule has 1 saturated heterocycles. The molecular formula is C22H22KN4O4-. The Morgan fingerprint density at radius 1 is 1.13 bits per heavy atom. The molecule has 31 heavy (non-hydrogen) atoms. The summed E-state index contributed by atoms with van der Waals surface area (Å²) in [6.45, 7) is 2.70. The number of aromatic nitrogens is 2. The fraction of sp³-hybridized carbons (Fsp3) is 0.227. The number of rotatable bonds is 3. The fourth-order valence-corrected chi connectivity index (χ4v) is 3.66. The Bertz CT molecular complexity index is 1100. The van der Waals surface area contributed by atoms with Crippen molar-refractivity contribution < 1.29 is 70.9 Å². The Labute approximate surface area is 223 Å². The van der Waals surface area contributed by atoms with Crippen LogP contribution in [0.5, 0.6) is 5.75 Å². The smallest absolute Gasteiger partial charge is 0.872 e. The Hall–Kier alpha value is -2.04. The van der Waals surface area contributed by atoms with Crippen molar-refractivity contribution in [2.75, 3.05) is 19.6 Å². The number of hydrogen-bond donors (Lipinski definition) is 1. The van der Waals surface area contributed by atoms with E-state index < -0.39 is 11.7 Å². The first kappa shape index (κ1) is 25.2. The Kier molecular flexibility index (Phi) is 8.55. The Morgan fingerprint density at radius 2 is 1.84 bits per heavy atom. The summed E-state index contributed by atoms with van der Waals surface area (Å²) in [5.74, 6) is -1.90. The average molecular weight is 446 g/mol. The van der Waals surface area contributed by atoms with E-state index in [9.17, 15) is 19.5 Å². The molecule has 1 unspecified atom stereocenters. The number of ketones is 1. The summed E-state index contributed by atoms with van der Waals surface area (Å²) in [6.07, 6.45) is 2.70. The largest absolute Gasteiger partial charge is 1.00 e. The SMILES string of the molecule is CC1CN(C(=O)c2ccccc2)CCN1C(=O)C(=O)c1c[nH]c2nccc([O-])c12.[CH3-].[K+]. The number of carbonyl (C=O) groups is 3. The number of fused-ring (bicyclic) bond motifs is 1. The zero-order chi connectivity index (χ0) is 20.5. The molecule has 3 aromatic rings. The number of pyridine rings is 1. The van der Waals surface area contributed by atoms with Gasteiger partial charge >= 0.3 is 51.4 Å². The zero-order valence-electron chi connectivity index (χ0n) is 17.8.